The Morgan fingerprint density at radius 2 is 2.43 bits per heavy atom. The first-order valence-electron chi connectivity index (χ1n) is 4.07. The number of carbonyl (C=O) groups excluding carboxylic acids is 1. The topological polar surface area (TPSA) is 42.1 Å². The molecule has 1 heterocycles. The number of esters is 1. The van der Waals surface area contributed by atoms with Gasteiger partial charge in [0.1, 0.15) is 5.25 Å². The molecular formula is C9H11NO2S2. The quantitative estimate of drug-likeness (QED) is 0.636. The molecule has 14 heavy (non-hydrogen) atoms. The molecule has 1 N–H and O–H groups in total. The maximum Gasteiger partial charge on any atom is 0.318 e. The van der Waals surface area contributed by atoms with Crippen molar-refractivity contribution in [1.82, 2.24) is 4.98 Å². The van der Waals surface area contributed by atoms with Crippen LogP contribution in [-0.2, 0) is 9.53 Å². The van der Waals surface area contributed by atoms with E-state index < -0.39 is 0 Å². The van der Waals surface area contributed by atoms with Crippen molar-refractivity contribution in [2.75, 3.05) is 7.11 Å². The number of hydrogen-bond acceptors (Lipinski definition) is 4. The van der Waals surface area contributed by atoms with E-state index in [-0.39, 0.29) is 11.2 Å². The van der Waals surface area contributed by atoms with Crippen LogP contribution in [-0.4, -0.2) is 27.5 Å². The van der Waals surface area contributed by atoms with Crippen LogP contribution >= 0.6 is 24.0 Å². The van der Waals surface area contributed by atoms with Crippen molar-refractivity contribution in [3.8, 4) is 0 Å². The highest BCUT2D eigenvalue weighted by molar-refractivity contribution is 8.24. The normalized spacial score (nSPS) is 12.1. The fourth-order valence-corrected chi connectivity index (χ4v) is 2.22. The van der Waals surface area contributed by atoms with Gasteiger partial charge < -0.3 is 9.72 Å². The summed E-state index contributed by atoms with van der Waals surface area (Å²) in [6.07, 6.45) is 1.80. The van der Waals surface area contributed by atoms with E-state index in [4.69, 9.17) is 12.2 Å². The van der Waals surface area contributed by atoms with Gasteiger partial charge in [0.2, 0.25) is 0 Å². The molecule has 0 aliphatic carbocycles. The molecule has 0 aromatic carbocycles. The molecule has 0 aliphatic heterocycles. The van der Waals surface area contributed by atoms with Crippen LogP contribution in [0.5, 0.6) is 0 Å². The lowest BCUT2D eigenvalue weighted by atomic mass is 10.5. The summed E-state index contributed by atoms with van der Waals surface area (Å²) < 4.78 is 5.27. The number of ether oxygens (including phenoxy) is 1. The number of thioether (sulfide) groups is 1. The standard InChI is InChI=1S/C9H11NO2S2/c1-6(8(11)12-2)14-9(13)7-4-3-5-10-7/h3-6,10H,1-2H3. The summed E-state index contributed by atoms with van der Waals surface area (Å²) in [7, 11) is 1.37. The minimum atomic E-state index is -0.268. The first-order chi connectivity index (χ1) is 6.65. The molecule has 1 aromatic heterocycles. The number of aromatic amines is 1. The Morgan fingerprint density at radius 3 is 2.93 bits per heavy atom. The van der Waals surface area contributed by atoms with Crippen molar-refractivity contribution in [1.29, 1.82) is 0 Å². The lowest BCUT2D eigenvalue weighted by molar-refractivity contribution is -0.139. The number of carbonyl (C=O) groups is 1. The van der Waals surface area contributed by atoms with Gasteiger partial charge in [-0.3, -0.25) is 4.79 Å². The van der Waals surface area contributed by atoms with Gasteiger partial charge in [-0.1, -0.05) is 24.0 Å². The molecule has 5 heteroatoms. The van der Waals surface area contributed by atoms with Crippen molar-refractivity contribution in [3.63, 3.8) is 0 Å². The highest BCUT2D eigenvalue weighted by Crippen LogP contribution is 2.18. The molecular weight excluding hydrogens is 218 g/mol. The van der Waals surface area contributed by atoms with Crippen molar-refractivity contribution in [3.05, 3.63) is 24.0 Å². The van der Waals surface area contributed by atoms with Gasteiger partial charge in [0.25, 0.3) is 0 Å². The van der Waals surface area contributed by atoms with Crippen LogP contribution in [0.1, 0.15) is 12.6 Å². The van der Waals surface area contributed by atoms with E-state index in [1.807, 2.05) is 12.1 Å². The van der Waals surface area contributed by atoms with Crippen LogP contribution in [0.2, 0.25) is 0 Å². The zero-order chi connectivity index (χ0) is 10.6. The van der Waals surface area contributed by atoms with Crippen molar-refractivity contribution >= 4 is 34.1 Å². The van der Waals surface area contributed by atoms with E-state index in [2.05, 4.69) is 9.72 Å². The third kappa shape index (κ3) is 2.85. The van der Waals surface area contributed by atoms with Crippen LogP contribution in [0.3, 0.4) is 0 Å². The molecule has 0 amide bonds. The van der Waals surface area contributed by atoms with Crippen molar-refractivity contribution < 1.29 is 9.53 Å². The predicted molar refractivity (Wildman–Crippen MR) is 61.6 cm³/mol. The number of hydrogen-bond donors (Lipinski definition) is 1. The van der Waals surface area contributed by atoms with E-state index in [1.54, 1.807) is 13.1 Å². The smallest absolute Gasteiger partial charge is 0.318 e. The van der Waals surface area contributed by atoms with Gasteiger partial charge in [-0.05, 0) is 19.1 Å². The van der Waals surface area contributed by atoms with E-state index in [1.165, 1.54) is 18.9 Å². The van der Waals surface area contributed by atoms with Gasteiger partial charge in [0, 0.05) is 6.20 Å². The molecule has 0 spiro atoms. The van der Waals surface area contributed by atoms with E-state index in [0.29, 0.717) is 4.20 Å². The summed E-state index contributed by atoms with van der Waals surface area (Å²) in [5, 5.41) is -0.268. The second-order valence-corrected chi connectivity index (χ2v) is 4.67. The average molecular weight is 229 g/mol. The Hall–Kier alpha value is -0.810. The number of rotatable bonds is 3. The fraction of sp³-hybridized carbons (Fsp3) is 0.333. The SMILES string of the molecule is COC(=O)C(C)SC(=S)c1ccc[nH]1. The molecule has 0 fully saturated rings. The minimum Gasteiger partial charge on any atom is -0.468 e. The van der Waals surface area contributed by atoms with Gasteiger partial charge in [-0.25, -0.2) is 0 Å². The van der Waals surface area contributed by atoms with Gasteiger partial charge in [-0.2, -0.15) is 0 Å². The Morgan fingerprint density at radius 1 is 1.71 bits per heavy atom. The van der Waals surface area contributed by atoms with Crippen molar-refractivity contribution in [2.24, 2.45) is 0 Å². The maximum atomic E-state index is 11.1. The summed E-state index contributed by atoms with van der Waals surface area (Å²) in [5.41, 5.74) is 0.862. The molecule has 0 saturated heterocycles. The van der Waals surface area contributed by atoms with Gasteiger partial charge >= 0.3 is 5.97 Å². The summed E-state index contributed by atoms with van der Waals surface area (Å²) in [6, 6.07) is 3.74. The summed E-state index contributed by atoms with van der Waals surface area (Å²) >= 11 is 6.46. The molecule has 1 rings (SSSR count). The summed E-state index contributed by atoms with van der Waals surface area (Å²) in [6.45, 7) is 1.77. The summed E-state index contributed by atoms with van der Waals surface area (Å²) in [4.78, 5) is 14.1. The molecule has 0 radical (unpaired) electrons. The molecule has 0 aliphatic rings. The van der Waals surface area contributed by atoms with Crippen LogP contribution in [0, 0.1) is 0 Å². The predicted octanol–water partition coefficient (Wildman–Crippen LogP) is 1.98. The van der Waals surface area contributed by atoms with Crippen molar-refractivity contribution in [2.45, 2.75) is 12.2 Å². The highest BCUT2D eigenvalue weighted by Gasteiger charge is 2.16. The lowest BCUT2D eigenvalue weighted by Crippen LogP contribution is -2.16. The lowest BCUT2D eigenvalue weighted by Gasteiger charge is -2.08. The molecule has 1 atom stereocenters. The second kappa shape index (κ2) is 5.17. The number of thiocarbonyl (C=S) groups is 1. The van der Waals surface area contributed by atoms with Gasteiger partial charge in [0.15, 0.2) is 0 Å². The molecule has 76 valence electrons. The van der Waals surface area contributed by atoms with Crippen LogP contribution in [0.4, 0.5) is 0 Å². The zero-order valence-electron chi connectivity index (χ0n) is 7.94. The second-order valence-electron chi connectivity index (χ2n) is 2.65. The first kappa shape index (κ1) is 11.3. The third-order valence-corrected chi connectivity index (χ3v) is 3.12. The molecule has 0 bridgehead atoms. The maximum absolute atomic E-state index is 11.1. The number of methoxy groups -OCH3 is 1. The van der Waals surface area contributed by atoms with E-state index in [0.717, 1.165) is 5.69 Å². The number of nitrogens with one attached hydrogen (secondary N) is 1. The Kier molecular flexibility index (Phi) is 4.16. The fourth-order valence-electron chi connectivity index (χ4n) is 0.895. The number of aromatic nitrogens is 1. The van der Waals surface area contributed by atoms with E-state index >= 15 is 0 Å². The zero-order valence-corrected chi connectivity index (χ0v) is 9.58. The van der Waals surface area contributed by atoms with Gasteiger partial charge in [0.05, 0.1) is 17.0 Å². The third-order valence-electron chi connectivity index (χ3n) is 1.63. The molecule has 1 unspecified atom stereocenters. The minimum absolute atomic E-state index is 0.260. The van der Waals surface area contributed by atoms with Gasteiger partial charge in [-0.15, -0.1) is 0 Å². The van der Waals surface area contributed by atoms with E-state index in [9.17, 15) is 4.79 Å². The Labute approximate surface area is 92.2 Å². The average Bonchev–Trinajstić information content (AvgIpc) is 2.69. The number of H-pyrrole nitrogens is 1. The van der Waals surface area contributed by atoms with Crippen LogP contribution < -0.4 is 0 Å². The first-order valence-corrected chi connectivity index (χ1v) is 5.36. The monoisotopic (exact) mass is 229 g/mol. The Balaban J connectivity index is 2.53. The largest absolute Gasteiger partial charge is 0.468 e. The highest BCUT2D eigenvalue weighted by atomic mass is 32.2. The molecule has 1 aromatic rings. The van der Waals surface area contributed by atoms with Crippen LogP contribution in [0.15, 0.2) is 18.3 Å². The molecule has 0 saturated carbocycles. The molecule has 3 nitrogen and oxygen atoms in total. The summed E-state index contributed by atoms with van der Waals surface area (Å²) in [5.74, 6) is -0.260. The van der Waals surface area contributed by atoms with Crippen LogP contribution in [0.25, 0.3) is 0 Å². The Bertz CT molecular complexity index is 322.